The Morgan fingerprint density at radius 3 is 2.00 bits per heavy atom. The highest BCUT2D eigenvalue weighted by Gasteiger charge is 2.09. The Morgan fingerprint density at radius 1 is 0.786 bits per heavy atom. The van der Waals surface area contributed by atoms with Gasteiger partial charge in [0.15, 0.2) is 0 Å². The van der Waals surface area contributed by atoms with Gasteiger partial charge in [-0.2, -0.15) is 0 Å². The Balaban J connectivity index is 1.66. The van der Waals surface area contributed by atoms with Crippen LogP contribution < -0.4 is 14.2 Å². The number of hydrogen-bond donors (Lipinski definition) is 0. The molecule has 2 aromatic carbocycles. The summed E-state index contributed by atoms with van der Waals surface area (Å²) in [5, 5.41) is 0. The largest absolute Gasteiger partial charge is 0.497 e. The van der Waals surface area contributed by atoms with Crippen molar-refractivity contribution >= 4 is 12.4 Å². The number of rotatable bonds is 13. The van der Waals surface area contributed by atoms with Crippen molar-refractivity contribution in [2.45, 2.75) is 32.1 Å². The van der Waals surface area contributed by atoms with Crippen LogP contribution >= 0.6 is 0 Å². The third-order valence-corrected chi connectivity index (χ3v) is 4.10. The van der Waals surface area contributed by atoms with E-state index >= 15 is 0 Å². The molecule has 0 spiro atoms. The summed E-state index contributed by atoms with van der Waals surface area (Å²) in [5.74, 6) is 1.47. The molecule has 0 atom stereocenters. The average molecular weight is 386 g/mol. The fourth-order valence-corrected chi connectivity index (χ4v) is 2.55. The lowest BCUT2D eigenvalue weighted by Gasteiger charge is -2.08. The molecule has 2 aromatic rings. The second-order valence-electron chi connectivity index (χ2n) is 6.17. The smallest absolute Gasteiger partial charge is 0.343 e. The van der Waals surface area contributed by atoms with Crippen LogP contribution in [0, 0.1) is 0 Å². The summed E-state index contributed by atoms with van der Waals surface area (Å²) in [7, 11) is 1.58. The SMILES string of the molecule is COc1ccc(OC(=O)c2ccc(OCCCCCCCOC=O)cc2)cc1. The summed E-state index contributed by atoms with van der Waals surface area (Å²) < 4.78 is 20.7. The van der Waals surface area contributed by atoms with E-state index in [1.165, 1.54) is 0 Å². The highest BCUT2D eigenvalue weighted by molar-refractivity contribution is 5.91. The van der Waals surface area contributed by atoms with E-state index in [1.54, 1.807) is 55.6 Å². The standard InChI is InChI=1S/C22H26O6/c1-25-19-11-13-21(14-12-19)28-22(24)18-7-9-20(10-8-18)27-16-6-4-2-3-5-15-26-17-23/h7-14,17H,2-6,15-16H2,1H3. The van der Waals surface area contributed by atoms with Crippen molar-refractivity contribution in [2.24, 2.45) is 0 Å². The first-order chi connectivity index (χ1) is 13.7. The molecule has 0 N–H and O–H groups in total. The molecule has 0 saturated carbocycles. The minimum Gasteiger partial charge on any atom is -0.497 e. The van der Waals surface area contributed by atoms with Crippen molar-refractivity contribution in [3.05, 3.63) is 54.1 Å². The summed E-state index contributed by atoms with van der Waals surface area (Å²) in [5.41, 5.74) is 0.459. The minimum absolute atomic E-state index is 0.421. The monoisotopic (exact) mass is 386 g/mol. The lowest BCUT2D eigenvalue weighted by molar-refractivity contribution is -0.128. The van der Waals surface area contributed by atoms with Gasteiger partial charge in [0, 0.05) is 0 Å². The fraction of sp³-hybridized carbons (Fsp3) is 0.364. The van der Waals surface area contributed by atoms with Gasteiger partial charge in [-0.3, -0.25) is 4.79 Å². The van der Waals surface area contributed by atoms with Crippen LogP contribution in [0.5, 0.6) is 17.2 Å². The highest BCUT2D eigenvalue weighted by Crippen LogP contribution is 2.19. The summed E-state index contributed by atoms with van der Waals surface area (Å²) >= 11 is 0. The van der Waals surface area contributed by atoms with Gasteiger partial charge in [0.25, 0.3) is 6.47 Å². The van der Waals surface area contributed by atoms with E-state index in [0.717, 1.165) is 37.9 Å². The Bertz CT molecular complexity index is 709. The van der Waals surface area contributed by atoms with Crippen LogP contribution in [-0.2, 0) is 9.53 Å². The van der Waals surface area contributed by atoms with Gasteiger partial charge in [0.05, 0.1) is 25.9 Å². The molecule has 0 unspecified atom stereocenters. The average Bonchev–Trinajstić information content (AvgIpc) is 2.73. The van der Waals surface area contributed by atoms with E-state index in [9.17, 15) is 9.59 Å². The molecule has 0 aliphatic heterocycles. The summed E-state index contributed by atoms with van der Waals surface area (Å²) in [6, 6.07) is 13.7. The van der Waals surface area contributed by atoms with Crippen molar-refractivity contribution in [1.82, 2.24) is 0 Å². The van der Waals surface area contributed by atoms with E-state index in [-0.39, 0.29) is 0 Å². The number of hydrogen-bond acceptors (Lipinski definition) is 6. The maximum absolute atomic E-state index is 12.2. The quantitative estimate of drug-likeness (QED) is 0.220. The Kier molecular flexibility index (Phi) is 9.41. The molecule has 0 aliphatic rings. The second kappa shape index (κ2) is 12.4. The summed E-state index contributed by atoms with van der Waals surface area (Å²) in [6.07, 6.45) is 5.04. The number of carbonyl (C=O) groups excluding carboxylic acids is 2. The van der Waals surface area contributed by atoms with Crippen LogP contribution in [0.15, 0.2) is 48.5 Å². The molecule has 6 nitrogen and oxygen atoms in total. The molecule has 0 bridgehead atoms. The second-order valence-corrected chi connectivity index (χ2v) is 6.17. The first-order valence-electron chi connectivity index (χ1n) is 9.37. The first kappa shape index (κ1) is 21.3. The molecule has 0 saturated heterocycles. The zero-order valence-corrected chi connectivity index (χ0v) is 16.1. The van der Waals surface area contributed by atoms with E-state index in [2.05, 4.69) is 4.74 Å². The number of ether oxygens (including phenoxy) is 4. The van der Waals surface area contributed by atoms with E-state index < -0.39 is 5.97 Å². The zero-order valence-electron chi connectivity index (χ0n) is 16.1. The lowest BCUT2D eigenvalue weighted by atomic mass is 10.1. The topological polar surface area (TPSA) is 71.1 Å². The third kappa shape index (κ3) is 7.70. The van der Waals surface area contributed by atoms with E-state index in [1.807, 2.05) is 0 Å². The third-order valence-electron chi connectivity index (χ3n) is 4.10. The van der Waals surface area contributed by atoms with Gasteiger partial charge in [0.2, 0.25) is 0 Å². The van der Waals surface area contributed by atoms with Crippen molar-refractivity contribution in [3.63, 3.8) is 0 Å². The Morgan fingerprint density at radius 2 is 1.36 bits per heavy atom. The number of esters is 1. The number of unbranched alkanes of at least 4 members (excludes halogenated alkanes) is 4. The molecule has 6 heteroatoms. The van der Waals surface area contributed by atoms with Gasteiger partial charge < -0.3 is 18.9 Å². The summed E-state index contributed by atoms with van der Waals surface area (Å²) in [6.45, 7) is 1.60. The van der Waals surface area contributed by atoms with Crippen LogP contribution in [0.4, 0.5) is 0 Å². The molecule has 0 heterocycles. The van der Waals surface area contributed by atoms with Crippen molar-refractivity contribution in [3.8, 4) is 17.2 Å². The maximum Gasteiger partial charge on any atom is 0.343 e. The first-order valence-corrected chi connectivity index (χ1v) is 9.37. The summed E-state index contributed by atoms with van der Waals surface area (Å²) in [4.78, 5) is 22.2. The van der Waals surface area contributed by atoms with E-state index in [0.29, 0.717) is 36.7 Å². The molecule has 2 rings (SSSR count). The zero-order chi connectivity index (χ0) is 20.0. The highest BCUT2D eigenvalue weighted by atomic mass is 16.5. The number of methoxy groups -OCH3 is 1. The van der Waals surface area contributed by atoms with Crippen LogP contribution in [0.3, 0.4) is 0 Å². The lowest BCUT2D eigenvalue weighted by Crippen LogP contribution is -2.08. The van der Waals surface area contributed by atoms with E-state index in [4.69, 9.17) is 14.2 Å². The van der Waals surface area contributed by atoms with Gasteiger partial charge in [-0.05, 0) is 61.4 Å². The van der Waals surface area contributed by atoms with Gasteiger partial charge >= 0.3 is 5.97 Å². The molecule has 0 aromatic heterocycles. The van der Waals surface area contributed by atoms with Crippen LogP contribution in [0.1, 0.15) is 42.5 Å². The fourth-order valence-electron chi connectivity index (χ4n) is 2.55. The van der Waals surface area contributed by atoms with Crippen LogP contribution in [-0.4, -0.2) is 32.8 Å². The number of benzene rings is 2. The Labute approximate surface area is 165 Å². The van der Waals surface area contributed by atoms with Crippen molar-refractivity contribution in [2.75, 3.05) is 20.3 Å². The molecule has 0 aliphatic carbocycles. The molecular formula is C22H26O6. The maximum atomic E-state index is 12.2. The predicted molar refractivity (Wildman–Crippen MR) is 105 cm³/mol. The molecular weight excluding hydrogens is 360 g/mol. The normalized spacial score (nSPS) is 10.2. The van der Waals surface area contributed by atoms with Gasteiger partial charge in [-0.25, -0.2) is 4.79 Å². The Hall–Kier alpha value is -3.02. The minimum atomic E-state index is -0.421. The molecule has 0 amide bonds. The van der Waals surface area contributed by atoms with Crippen LogP contribution in [0.2, 0.25) is 0 Å². The number of carbonyl (C=O) groups is 2. The van der Waals surface area contributed by atoms with Crippen molar-refractivity contribution in [1.29, 1.82) is 0 Å². The van der Waals surface area contributed by atoms with Crippen LogP contribution in [0.25, 0.3) is 0 Å². The molecule has 150 valence electrons. The van der Waals surface area contributed by atoms with Gasteiger partial charge in [0.1, 0.15) is 17.2 Å². The van der Waals surface area contributed by atoms with Crippen molar-refractivity contribution < 1.29 is 28.5 Å². The molecule has 28 heavy (non-hydrogen) atoms. The molecule has 0 radical (unpaired) electrons. The van der Waals surface area contributed by atoms with Gasteiger partial charge in [-0.15, -0.1) is 0 Å². The molecule has 0 fully saturated rings. The van der Waals surface area contributed by atoms with Gasteiger partial charge in [-0.1, -0.05) is 19.3 Å². The predicted octanol–water partition coefficient (Wildman–Crippen LogP) is 4.42.